The van der Waals surface area contributed by atoms with Gasteiger partial charge in [0.1, 0.15) is 0 Å². The number of benzene rings is 1. The molecule has 1 aromatic carbocycles. The molecule has 16 heavy (non-hydrogen) atoms. The number of nitrogens with zero attached hydrogens (tertiary/aromatic N) is 4. The molecule has 76 valence electrons. The second kappa shape index (κ2) is 4.83. The number of aromatic nitrogens is 1. The van der Waals surface area contributed by atoms with Crippen molar-refractivity contribution in [1.82, 2.24) is 4.98 Å². The van der Waals surface area contributed by atoms with Gasteiger partial charge in [0.25, 0.3) is 0 Å². The van der Waals surface area contributed by atoms with Gasteiger partial charge in [-0.2, -0.15) is 0 Å². The summed E-state index contributed by atoms with van der Waals surface area (Å²) in [7, 11) is 0. The third kappa shape index (κ3) is 2.11. The van der Waals surface area contributed by atoms with Gasteiger partial charge in [-0.25, -0.2) is 0 Å². The molecule has 0 saturated heterocycles. The Balaban J connectivity index is 2.43. The molecule has 0 atom stereocenters. The van der Waals surface area contributed by atoms with Gasteiger partial charge in [-0.15, -0.1) is 0 Å². The Labute approximate surface area is 92.6 Å². The molecule has 4 nitrogen and oxygen atoms in total. The Hall–Kier alpha value is -2.50. The molecule has 0 radical (unpaired) electrons. The molecule has 0 aliphatic rings. The summed E-state index contributed by atoms with van der Waals surface area (Å²) >= 11 is 0. The fourth-order valence-electron chi connectivity index (χ4n) is 1.41. The summed E-state index contributed by atoms with van der Waals surface area (Å²) in [6.45, 7) is 0.188. The first-order valence-electron chi connectivity index (χ1n) is 4.75. The van der Waals surface area contributed by atoms with Crippen molar-refractivity contribution in [3.8, 4) is 11.8 Å². The van der Waals surface area contributed by atoms with E-state index >= 15 is 0 Å². The zero-order chi connectivity index (χ0) is 11.2. The van der Waals surface area contributed by atoms with E-state index in [0.29, 0.717) is 0 Å². The van der Waals surface area contributed by atoms with E-state index in [4.69, 9.17) is 5.53 Å². The molecule has 2 aromatic rings. The molecule has 0 saturated carbocycles. The predicted molar refractivity (Wildman–Crippen MR) is 62.6 cm³/mol. The first-order chi connectivity index (χ1) is 7.92. The second-order valence-electron chi connectivity index (χ2n) is 3.07. The van der Waals surface area contributed by atoms with Gasteiger partial charge in [-0.1, -0.05) is 35.2 Å². The van der Waals surface area contributed by atoms with Gasteiger partial charge in [-0.05, 0) is 17.7 Å². The van der Waals surface area contributed by atoms with Crippen LogP contribution in [0.4, 0.5) is 0 Å². The average molecular weight is 208 g/mol. The van der Waals surface area contributed by atoms with E-state index in [0.717, 1.165) is 16.5 Å². The Kier molecular flexibility index (Phi) is 3.03. The van der Waals surface area contributed by atoms with Crippen LogP contribution >= 0.6 is 0 Å². The Morgan fingerprint density at radius 2 is 2.19 bits per heavy atom. The summed E-state index contributed by atoms with van der Waals surface area (Å²) in [5, 5.41) is 4.37. The molecule has 0 fully saturated rings. The highest BCUT2D eigenvalue weighted by Crippen LogP contribution is 2.14. The number of rotatable bonds is 1. The monoisotopic (exact) mass is 208 g/mol. The van der Waals surface area contributed by atoms with Gasteiger partial charge in [0, 0.05) is 22.1 Å². The summed E-state index contributed by atoms with van der Waals surface area (Å²) in [6, 6.07) is 9.65. The lowest BCUT2D eigenvalue weighted by Gasteiger charge is -1.97. The average Bonchev–Trinajstić information content (AvgIpc) is 2.35. The van der Waals surface area contributed by atoms with E-state index in [1.54, 1.807) is 6.20 Å². The van der Waals surface area contributed by atoms with Gasteiger partial charge in [0.15, 0.2) is 0 Å². The molecule has 0 spiro atoms. The standard InChI is InChI=1S/C12H8N4/c13-16-15-8-3-4-10-7-9-14-12-6-2-1-5-11(10)12/h1-2,5-7,9H,8H2. The minimum Gasteiger partial charge on any atom is -0.256 e. The molecule has 0 bridgehead atoms. The first kappa shape index (κ1) is 10.0. The molecule has 0 unspecified atom stereocenters. The maximum absolute atomic E-state index is 8.12. The van der Waals surface area contributed by atoms with Crippen LogP contribution in [0.25, 0.3) is 21.3 Å². The Morgan fingerprint density at radius 1 is 1.31 bits per heavy atom. The number of pyridine rings is 1. The van der Waals surface area contributed by atoms with Crippen molar-refractivity contribution in [3.05, 3.63) is 52.5 Å². The third-order valence-electron chi connectivity index (χ3n) is 2.09. The Morgan fingerprint density at radius 3 is 3.06 bits per heavy atom. The fourth-order valence-corrected chi connectivity index (χ4v) is 1.41. The van der Waals surface area contributed by atoms with Crippen molar-refractivity contribution >= 4 is 10.9 Å². The lowest BCUT2D eigenvalue weighted by molar-refractivity contribution is 1.25. The molecule has 0 aliphatic carbocycles. The van der Waals surface area contributed by atoms with Crippen molar-refractivity contribution < 1.29 is 0 Å². The summed E-state index contributed by atoms with van der Waals surface area (Å²) in [5.41, 5.74) is 9.93. The van der Waals surface area contributed by atoms with E-state index in [2.05, 4.69) is 26.9 Å². The van der Waals surface area contributed by atoms with Crippen LogP contribution in [0, 0.1) is 11.8 Å². The van der Waals surface area contributed by atoms with Gasteiger partial charge in [0.05, 0.1) is 12.1 Å². The number of hydrogen-bond acceptors (Lipinski definition) is 2. The summed E-state index contributed by atoms with van der Waals surface area (Å²) in [5.74, 6) is 5.76. The Bertz CT molecular complexity index is 610. The minimum atomic E-state index is 0.188. The van der Waals surface area contributed by atoms with Crippen LogP contribution in [-0.4, -0.2) is 11.5 Å². The molecular formula is C12H8N4. The van der Waals surface area contributed by atoms with Crippen LogP contribution in [0.3, 0.4) is 0 Å². The highest BCUT2D eigenvalue weighted by atomic mass is 15.1. The van der Waals surface area contributed by atoms with Gasteiger partial charge < -0.3 is 0 Å². The molecule has 4 heteroatoms. The smallest absolute Gasteiger partial charge is 0.0880 e. The van der Waals surface area contributed by atoms with Crippen molar-refractivity contribution in [3.63, 3.8) is 0 Å². The van der Waals surface area contributed by atoms with Crippen LogP contribution in [-0.2, 0) is 0 Å². The van der Waals surface area contributed by atoms with Gasteiger partial charge in [-0.3, -0.25) is 4.98 Å². The zero-order valence-corrected chi connectivity index (χ0v) is 8.46. The van der Waals surface area contributed by atoms with E-state index in [1.165, 1.54) is 0 Å². The molecule has 0 amide bonds. The van der Waals surface area contributed by atoms with Crippen LogP contribution in [0.1, 0.15) is 5.56 Å². The summed E-state index contributed by atoms with van der Waals surface area (Å²) < 4.78 is 0. The highest BCUT2D eigenvalue weighted by molar-refractivity contribution is 5.84. The minimum absolute atomic E-state index is 0.188. The van der Waals surface area contributed by atoms with Crippen LogP contribution < -0.4 is 0 Å². The number of para-hydroxylation sites is 1. The molecular weight excluding hydrogens is 200 g/mol. The van der Waals surface area contributed by atoms with Crippen LogP contribution in [0.15, 0.2) is 41.6 Å². The van der Waals surface area contributed by atoms with Crippen LogP contribution in [0.2, 0.25) is 0 Å². The van der Waals surface area contributed by atoms with Crippen molar-refractivity contribution in [2.24, 2.45) is 5.11 Å². The lowest BCUT2D eigenvalue weighted by atomic mass is 10.1. The van der Waals surface area contributed by atoms with Crippen LogP contribution in [0.5, 0.6) is 0 Å². The maximum Gasteiger partial charge on any atom is 0.0880 e. The van der Waals surface area contributed by atoms with Gasteiger partial charge >= 0.3 is 0 Å². The third-order valence-corrected chi connectivity index (χ3v) is 2.09. The second-order valence-corrected chi connectivity index (χ2v) is 3.07. The van der Waals surface area contributed by atoms with E-state index in [-0.39, 0.29) is 6.54 Å². The molecule has 1 heterocycles. The molecule has 0 N–H and O–H groups in total. The number of azide groups is 1. The van der Waals surface area contributed by atoms with Crippen molar-refractivity contribution in [2.75, 3.05) is 6.54 Å². The van der Waals surface area contributed by atoms with E-state index < -0.39 is 0 Å². The first-order valence-corrected chi connectivity index (χ1v) is 4.75. The molecule has 1 aromatic heterocycles. The highest BCUT2D eigenvalue weighted by Gasteiger charge is 1.96. The number of fused-ring (bicyclic) bond motifs is 1. The lowest BCUT2D eigenvalue weighted by Crippen LogP contribution is -1.82. The quantitative estimate of drug-likeness (QED) is 0.307. The van der Waals surface area contributed by atoms with E-state index in [1.807, 2.05) is 30.3 Å². The van der Waals surface area contributed by atoms with Crippen molar-refractivity contribution in [2.45, 2.75) is 0 Å². The van der Waals surface area contributed by atoms with Crippen molar-refractivity contribution in [1.29, 1.82) is 0 Å². The topological polar surface area (TPSA) is 61.7 Å². The SMILES string of the molecule is [N-]=[N+]=NCC#Cc1ccnc2ccccc12. The largest absolute Gasteiger partial charge is 0.256 e. The predicted octanol–water partition coefficient (Wildman–Crippen LogP) is 2.90. The normalized spacial score (nSPS) is 9.00. The maximum atomic E-state index is 8.12. The summed E-state index contributed by atoms with van der Waals surface area (Å²) in [4.78, 5) is 6.88. The molecule has 2 rings (SSSR count). The number of hydrogen-bond donors (Lipinski definition) is 0. The molecule has 0 aliphatic heterocycles. The fraction of sp³-hybridized carbons (Fsp3) is 0.0833. The van der Waals surface area contributed by atoms with Gasteiger partial charge in [0.2, 0.25) is 0 Å². The summed E-state index contributed by atoms with van der Waals surface area (Å²) in [6.07, 6.45) is 1.72. The van der Waals surface area contributed by atoms with E-state index in [9.17, 15) is 0 Å². The zero-order valence-electron chi connectivity index (χ0n) is 8.46.